The first-order valence-corrected chi connectivity index (χ1v) is 7.09. The Labute approximate surface area is 121 Å². The Bertz CT molecular complexity index is 403. The van der Waals surface area contributed by atoms with Gasteiger partial charge in [0.15, 0.2) is 11.5 Å². The van der Waals surface area contributed by atoms with Gasteiger partial charge in [-0.15, -0.1) is 0 Å². The summed E-state index contributed by atoms with van der Waals surface area (Å²) in [6.45, 7) is 9.45. The number of benzene rings is 1. The second-order valence-electron chi connectivity index (χ2n) is 4.45. The quantitative estimate of drug-likeness (QED) is 0.646. The van der Waals surface area contributed by atoms with Crippen molar-refractivity contribution in [1.29, 1.82) is 0 Å². The minimum absolute atomic E-state index is 0.0954. The van der Waals surface area contributed by atoms with Gasteiger partial charge in [0.2, 0.25) is 0 Å². The number of para-hydroxylation sites is 1. The predicted octanol–water partition coefficient (Wildman–Crippen LogP) is 2.51. The summed E-state index contributed by atoms with van der Waals surface area (Å²) in [5.74, 6) is 1.49. The fourth-order valence-corrected chi connectivity index (χ4v) is 1.87. The Morgan fingerprint density at radius 1 is 1.35 bits per heavy atom. The van der Waals surface area contributed by atoms with Crippen LogP contribution in [0.1, 0.15) is 25.8 Å². The van der Waals surface area contributed by atoms with Gasteiger partial charge in [-0.05, 0) is 19.4 Å². The first-order chi connectivity index (χ1) is 9.76. The molecule has 112 valence electrons. The fourth-order valence-electron chi connectivity index (χ4n) is 1.87. The van der Waals surface area contributed by atoms with E-state index >= 15 is 0 Å². The van der Waals surface area contributed by atoms with Crippen LogP contribution in [-0.4, -0.2) is 31.0 Å². The summed E-state index contributed by atoms with van der Waals surface area (Å²) in [4.78, 5) is 0. The molecule has 4 nitrogen and oxygen atoms in total. The number of rotatable bonds is 10. The van der Waals surface area contributed by atoms with Crippen LogP contribution >= 0.6 is 0 Å². The van der Waals surface area contributed by atoms with E-state index < -0.39 is 0 Å². The molecule has 1 aromatic carbocycles. The van der Waals surface area contributed by atoms with Gasteiger partial charge in [0.05, 0.1) is 13.2 Å². The highest BCUT2D eigenvalue weighted by Gasteiger charge is 2.12. The van der Waals surface area contributed by atoms with Crippen LogP contribution < -0.4 is 14.8 Å². The second-order valence-corrected chi connectivity index (χ2v) is 4.45. The zero-order valence-corrected chi connectivity index (χ0v) is 12.4. The molecule has 0 bridgehead atoms. The second kappa shape index (κ2) is 9.39. The van der Waals surface area contributed by atoms with Gasteiger partial charge in [-0.2, -0.15) is 0 Å². The van der Waals surface area contributed by atoms with Crippen LogP contribution in [0.4, 0.5) is 0 Å². The normalized spacial score (nSPS) is 11.9. The van der Waals surface area contributed by atoms with Crippen LogP contribution in [0.15, 0.2) is 30.9 Å². The van der Waals surface area contributed by atoms with Crippen LogP contribution in [0.5, 0.6) is 11.5 Å². The summed E-state index contributed by atoms with van der Waals surface area (Å²) in [7, 11) is 0. The fraction of sp³-hybridized carbons (Fsp3) is 0.500. The Hall–Kier alpha value is -1.52. The average Bonchev–Trinajstić information content (AvgIpc) is 2.47. The Morgan fingerprint density at radius 2 is 2.15 bits per heavy atom. The van der Waals surface area contributed by atoms with Gasteiger partial charge in [0, 0.05) is 18.2 Å². The van der Waals surface area contributed by atoms with Crippen molar-refractivity contribution in [3.05, 3.63) is 36.4 Å². The lowest BCUT2D eigenvalue weighted by molar-refractivity contribution is 0.237. The minimum atomic E-state index is 0.0954. The summed E-state index contributed by atoms with van der Waals surface area (Å²) in [6.07, 6.45) is 2.59. The highest BCUT2D eigenvalue weighted by molar-refractivity contribution is 5.46. The minimum Gasteiger partial charge on any atom is -0.490 e. The number of hydrogen-bond acceptors (Lipinski definition) is 4. The van der Waals surface area contributed by atoms with Crippen molar-refractivity contribution in [3.63, 3.8) is 0 Å². The van der Waals surface area contributed by atoms with Crippen molar-refractivity contribution in [2.75, 3.05) is 19.8 Å². The first-order valence-electron chi connectivity index (χ1n) is 7.09. The number of nitrogens with one attached hydrogen (secondary N) is 1. The molecule has 0 unspecified atom stereocenters. The van der Waals surface area contributed by atoms with E-state index in [1.165, 1.54) is 0 Å². The van der Waals surface area contributed by atoms with Gasteiger partial charge < -0.3 is 19.9 Å². The molecule has 0 radical (unpaired) electrons. The molecule has 0 aromatic heterocycles. The first kappa shape index (κ1) is 16.5. The van der Waals surface area contributed by atoms with Crippen molar-refractivity contribution in [3.8, 4) is 11.5 Å². The molecule has 20 heavy (non-hydrogen) atoms. The number of aliphatic hydroxyl groups is 1. The molecule has 2 N–H and O–H groups in total. The van der Waals surface area contributed by atoms with Crippen LogP contribution in [0, 0.1) is 0 Å². The molecule has 1 rings (SSSR count). The molecular formula is C16H25NO3. The van der Waals surface area contributed by atoms with Crippen molar-refractivity contribution < 1.29 is 14.6 Å². The highest BCUT2D eigenvalue weighted by atomic mass is 16.5. The van der Waals surface area contributed by atoms with E-state index in [0.717, 1.165) is 23.5 Å². The molecule has 0 saturated carbocycles. The van der Waals surface area contributed by atoms with E-state index in [2.05, 4.69) is 11.9 Å². The van der Waals surface area contributed by atoms with Crippen LogP contribution in [0.25, 0.3) is 0 Å². The summed E-state index contributed by atoms with van der Waals surface area (Å²) < 4.78 is 11.3. The summed E-state index contributed by atoms with van der Waals surface area (Å²) in [5.41, 5.74) is 1.02. The van der Waals surface area contributed by atoms with Gasteiger partial charge in [-0.3, -0.25) is 0 Å². The maximum Gasteiger partial charge on any atom is 0.166 e. The van der Waals surface area contributed by atoms with Crippen molar-refractivity contribution >= 4 is 0 Å². The molecule has 0 spiro atoms. The summed E-state index contributed by atoms with van der Waals surface area (Å²) in [5, 5.41) is 12.5. The van der Waals surface area contributed by atoms with Gasteiger partial charge in [0.1, 0.15) is 6.61 Å². The molecule has 0 aliphatic heterocycles. The van der Waals surface area contributed by atoms with Crippen LogP contribution in [0.3, 0.4) is 0 Å². The molecule has 0 heterocycles. The third kappa shape index (κ3) is 4.87. The zero-order valence-electron chi connectivity index (χ0n) is 12.4. The van der Waals surface area contributed by atoms with E-state index in [1.807, 2.05) is 32.0 Å². The van der Waals surface area contributed by atoms with E-state index in [0.29, 0.717) is 19.8 Å². The highest BCUT2D eigenvalue weighted by Crippen LogP contribution is 2.31. The monoisotopic (exact) mass is 279 g/mol. The van der Waals surface area contributed by atoms with Gasteiger partial charge in [0.25, 0.3) is 0 Å². The zero-order chi connectivity index (χ0) is 14.8. The molecule has 4 heteroatoms. The molecular weight excluding hydrogens is 254 g/mol. The standard InChI is InChI=1S/C16H25NO3/c1-4-10-20-16-13(11-17-14(5-2)12-18)8-7-9-15(16)19-6-3/h4,7-9,14,17-18H,1,5-6,10-12H2,2-3H3/t14-/m1/s1. The molecule has 0 amide bonds. The smallest absolute Gasteiger partial charge is 0.166 e. The lowest BCUT2D eigenvalue weighted by atomic mass is 10.1. The Kier molecular flexibility index (Phi) is 7.77. The molecule has 0 fully saturated rings. The van der Waals surface area contributed by atoms with E-state index in [4.69, 9.17) is 9.47 Å². The Balaban J connectivity index is 2.86. The van der Waals surface area contributed by atoms with Gasteiger partial charge in [-0.1, -0.05) is 31.7 Å². The molecule has 0 saturated heterocycles. The third-order valence-corrected chi connectivity index (χ3v) is 3.00. The largest absolute Gasteiger partial charge is 0.490 e. The maximum atomic E-state index is 9.22. The van der Waals surface area contributed by atoms with Crippen LogP contribution in [0.2, 0.25) is 0 Å². The number of ether oxygens (including phenoxy) is 2. The summed E-state index contributed by atoms with van der Waals surface area (Å²) >= 11 is 0. The van der Waals surface area contributed by atoms with Crippen LogP contribution in [-0.2, 0) is 6.54 Å². The van der Waals surface area contributed by atoms with E-state index in [1.54, 1.807) is 6.08 Å². The molecule has 0 aliphatic carbocycles. The molecule has 1 aromatic rings. The number of hydrogen-bond donors (Lipinski definition) is 2. The van der Waals surface area contributed by atoms with Crippen molar-refractivity contribution in [2.45, 2.75) is 32.9 Å². The van der Waals surface area contributed by atoms with Gasteiger partial charge in [-0.25, -0.2) is 0 Å². The average molecular weight is 279 g/mol. The topological polar surface area (TPSA) is 50.7 Å². The van der Waals surface area contributed by atoms with Crippen molar-refractivity contribution in [1.82, 2.24) is 5.32 Å². The SMILES string of the molecule is C=CCOc1c(CN[C@H](CC)CO)cccc1OCC. The molecule has 1 atom stereocenters. The maximum absolute atomic E-state index is 9.22. The molecule has 0 aliphatic rings. The van der Waals surface area contributed by atoms with Crippen molar-refractivity contribution in [2.24, 2.45) is 0 Å². The Morgan fingerprint density at radius 3 is 2.75 bits per heavy atom. The third-order valence-electron chi connectivity index (χ3n) is 3.00. The lowest BCUT2D eigenvalue weighted by Crippen LogP contribution is -2.31. The van der Waals surface area contributed by atoms with E-state index in [9.17, 15) is 5.11 Å². The number of aliphatic hydroxyl groups excluding tert-OH is 1. The predicted molar refractivity (Wildman–Crippen MR) is 81.3 cm³/mol. The van der Waals surface area contributed by atoms with Gasteiger partial charge >= 0.3 is 0 Å². The van der Waals surface area contributed by atoms with E-state index in [-0.39, 0.29) is 12.6 Å². The lowest BCUT2D eigenvalue weighted by Gasteiger charge is -2.18. The summed E-state index contributed by atoms with van der Waals surface area (Å²) in [6, 6.07) is 5.94.